The summed E-state index contributed by atoms with van der Waals surface area (Å²) < 4.78 is 0. The second-order valence-corrected chi connectivity index (χ2v) is 5.40. The van der Waals surface area contributed by atoms with Gasteiger partial charge in [0.05, 0.1) is 17.2 Å². The third-order valence-corrected chi connectivity index (χ3v) is 3.43. The number of halogens is 1. The van der Waals surface area contributed by atoms with Crippen LogP contribution in [0.15, 0.2) is 52.7 Å². The van der Waals surface area contributed by atoms with E-state index in [9.17, 15) is 9.59 Å². The van der Waals surface area contributed by atoms with Crippen molar-refractivity contribution in [2.24, 2.45) is 11.0 Å². The topological polar surface area (TPSA) is 82.6 Å². The van der Waals surface area contributed by atoms with Gasteiger partial charge in [0.15, 0.2) is 0 Å². The van der Waals surface area contributed by atoms with E-state index in [1.165, 1.54) is 6.21 Å². The number of nitrogens with one attached hydrogen (secondary N) is 3. The van der Waals surface area contributed by atoms with E-state index < -0.39 is 5.92 Å². The minimum atomic E-state index is -0.397. The van der Waals surface area contributed by atoms with Crippen molar-refractivity contribution >= 4 is 35.7 Å². The molecule has 2 amide bonds. The number of hydrogen-bond donors (Lipinski definition) is 3. The molecule has 3 N–H and O–H groups in total. The Morgan fingerprint density at radius 2 is 2.09 bits per heavy atom. The Kier molecular flexibility index (Phi) is 5.94. The highest BCUT2D eigenvalue weighted by Crippen LogP contribution is 2.17. The summed E-state index contributed by atoms with van der Waals surface area (Å²) in [6.07, 6.45) is 3.62. The van der Waals surface area contributed by atoms with Gasteiger partial charge in [-0.3, -0.25) is 15.0 Å². The van der Waals surface area contributed by atoms with E-state index in [1.807, 2.05) is 30.3 Å². The minimum Gasteiger partial charge on any atom is -0.303 e. The maximum atomic E-state index is 11.7. The standard InChI is InChI=1S/C16H17ClN4O2/c1-11-14(16(23)21-19-11)7-8-15(22)20-18-10-13(17)9-12-5-3-2-4-6-12/h2-6,9-10,14,19H,1,7-8H2,(H,20,22)(H,21,23). The third-order valence-electron chi connectivity index (χ3n) is 3.22. The Balaban J connectivity index is 1.76. The Bertz CT molecular complexity index is 639. The summed E-state index contributed by atoms with van der Waals surface area (Å²) in [5.41, 5.74) is 8.98. The summed E-state index contributed by atoms with van der Waals surface area (Å²) in [6, 6.07) is 9.52. The highest BCUT2D eigenvalue weighted by Gasteiger charge is 2.27. The van der Waals surface area contributed by atoms with Gasteiger partial charge in [0, 0.05) is 12.1 Å². The van der Waals surface area contributed by atoms with Crippen molar-refractivity contribution in [2.45, 2.75) is 12.8 Å². The van der Waals surface area contributed by atoms with E-state index in [-0.39, 0.29) is 18.2 Å². The van der Waals surface area contributed by atoms with Gasteiger partial charge in [-0.15, -0.1) is 0 Å². The summed E-state index contributed by atoms with van der Waals surface area (Å²) in [7, 11) is 0. The molecular weight excluding hydrogens is 316 g/mol. The Morgan fingerprint density at radius 1 is 1.35 bits per heavy atom. The van der Waals surface area contributed by atoms with Crippen LogP contribution in [0.4, 0.5) is 0 Å². The van der Waals surface area contributed by atoms with Gasteiger partial charge in [-0.2, -0.15) is 5.10 Å². The molecule has 0 radical (unpaired) electrons. The van der Waals surface area contributed by atoms with Crippen LogP contribution in [0, 0.1) is 5.92 Å². The van der Waals surface area contributed by atoms with E-state index in [2.05, 4.69) is 28.0 Å². The number of benzene rings is 1. The molecule has 1 aromatic rings. The molecule has 120 valence electrons. The molecule has 1 aromatic carbocycles. The number of hydrazine groups is 1. The average Bonchev–Trinajstić information content (AvgIpc) is 2.85. The molecule has 1 fully saturated rings. The molecule has 1 aliphatic heterocycles. The molecular formula is C16H17ClN4O2. The fourth-order valence-corrected chi connectivity index (χ4v) is 2.20. The molecule has 1 atom stereocenters. The summed E-state index contributed by atoms with van der Waals surface area (Å²) >= 11 is 6.01. The summed E-state index contributed by atoms with van der Waals surface area (Å²) in [5, 5.41) is 4.18. The van der Waals surface area contributed by atoms with Gasteiger partial charge in [0.2, 0.25) is 11.8 Å². The minimum absolute atomic E-state index is 0.163. The van der Waals surface area contributed by atoms with Gasteiger partial charge in [-0.1, -0.05) is 48.5 Å². The lowest BCUT2D eigenvalue weighted by atomic mass is 10.0. The fraction of sp³-hybridized carbons (Fsp3) is 0.188. The lowest BCUT2D eigenvalue weighted by Crippen LogP contribution is -2.26. The number of allylic oxidation sites excluding steroid dienone is 1. The fourth-order valence-electron chi connectivity index (χ4n) is 2.02. The largest absolute Gasteiger partial charge is 0.303 e. The van der Waals surface area contributed by atoms with Crippen molar-refractivity contribution in [1.29, 1.82) is 0 Å². The number of carbonyl (C=O) groups excluding carboxylic acids is 2. The monoisotopic (exact) mass is 332 g/mol. The molecule has 1 heterocycles. The average molecular weight is 333 g/mol. The maximum absolute atomic E-state index is 11.7. The number of amides is 2. The van der Waals surface area contributed by atoms with Crippen molar-refractivity contribution in [2.75, 3.05) is 0 Å². The maximum Gasteiger partial charge on any atom is 0.247 e. The highest BCUT2D eigenvalue weighted by molar-refractivity contribution is 6.41. The van der Waals surface area contributed by atoms with Gasteiger partial charge in [-0.25, -0.2) is 5.43 Å². The normalized spacial score (nSPS) is 18.0. The predicted octanol–water partition coefficient (Wildman–Crippen LogP) is 1.91. The van der Waals surface area contributed by atoms with Crippen LogP contribution in [0.2, 0.25) is 0 Å². The highest BCUT2D eigenvalue weighted by atomic mass is 35.5. The van der Waals surface area contributed by atoms with Crippen molar-refractivity contribution in [3.8, 4) is 0 Å². The number of carbonyl (C=O) groups is 2. The van der Waals surface area contributed by atoms with Crippen LogP contribution in [-0.2, 0) is 9.59 Å². The zero-order valence-corrected chi connectivity index (χ0v) is 13.1. The van der Waals surface area contributed by atoms with Gasteiger partial charge < -0.3 is 5.43 Å². The van der Waals surface area contributed by atoms with E-state index >= 15 is 0 Å². The Labute approximate surface area is 139 Å². The van der Waals surface area contributed by atoms with Crippen molar-refractivity contribution in [3.05, 3.63) is 53.2 Å². The number of hydrazone groups is 1. The van der Waals surface area contributed by atoms with Crippen LogP contribution in [0.25, 0.3) is 6.08 Å². The van der Waals surface area contributed by atoms with Gasteiger partial charge in [0.25, 0.3) is 0 Å². The Morgan fingerprint density at radius 3 is 2.74 bits per heavy atom. The first-order chi connectivity index (χ1) is 11.1. The van der Waals surface area contributed by atoms with Gasteiger partial charge >= 0.3 is 0 Å². The van der Waals surface area contributed by atoms with Crippen molar-refractivity contribution in [3.63, 3.8) is 0 Å². The molecule has 7 heteroatoms. The molecule has 2 rings (SSSR count). The molecule has 0 spiro atoms. The predicted molar refractivity (Wildman–Crippen MR) is 90.0 cm³/mol. The first-order valence-electron chi connectivity index (χ1n) is 7.05. The van der Waals surface area contributed by atoms with Gasteiger partial charge in [-0.05, 0) is 18.1 Å². The molecule has 0 aromatic heterocycles. The SMILES string of the molecule is C=C1NNC(=O)C1CCC(=O)NN=CC(Cl)=Cc1ccccc1. The van der Waals surface area contributed by atoms with Crippen LogP contribution >= 0.6 is 11.6 Å². The van der Waals surface area contributed by atoms with E-state index in [1.54, 1.807) is 6.08 Å². The lowest BCUT2D eigenvalue weighted by molar-refractivity contribution is -0.123. The molecule has 1 unspecified atom stereocenters. The van der Waals surface area contributed by atoms with Crippen LogP contribution in [0.3, 0.4) is 0 Å². The van der Waals surface area contributed by atoms with Crippen molar-refractivity contribution < 1.29 is 9.59 Å². The number of rotatable bonds is 6. The summed E-state index contributed by atoms with van der Waals surface area (Å²) in [4.78, 5) is 23.1. The first-order valence-corrected chi connectivity index (χ1v) is 7.43. The van der Waals surface area contributed by atoms with E-state index in [0.29, 0.717) is 17.2 Å². The molecule has 1 aliphatic rings. The first kappa shape index (κ1) is 16.8. The zero-order chi connectivity index (χ0) is 16.7. The quantitative estimate of drug-likeness (QED) is 0.549. The second kappa shape index (κ2) is 8.14. The molecule has 0 aliphatic carbocycles. The zero-order valence-electron chi connectivity index (χ0n) is 12.4. The number of nitrogens with zero attached hydrogens (tertiary/aromatic N) is 1. The molecule has 6 nitrogen and oxygen atoms in total. The molecule has 1 saturated heterocycles. The summed E-state index contributed by atoms with van der Waals surface area (Å²) in [6.45, 7) is 3.71. The smallest absolute Gasteiger partial charge is 0.247 e. The number of hydrogen-bond acceptors (Lipinski definition) is 4. The van der Waals surface area contributed by atoms with Crippen LogP contribution in [-0.4, -0.2) is 18.0 Å². The van der Waals surface area contributed by atoms with E-state index in [4.69, 9.17) is 11.6 Å². The van der Waals surface area contributed by atoms with Crippen LogP contribution in [0.5, 0.6) is 0 Å². The third kappa shape index (κ3) is 5.27. The second-order valence-electron chi connectivity index (χ2n) is 4.96. The van der Waals surface area contributed by atoms with Gasteiger partial charge in [0.1, 0.15) is 0 Å². The Hall–Kier alpha value is -2.60. The molecule has 0 saturated carbocycles. The van der Waals surface area contributed by atoms with Crippen LogP contribution < -0.4 is 16.3 Å². The molecule has 0 bridgehead atoms. The summed E-state index contributed by atoms with van der Waals surface area (Å²) in [5.74, 6) is -0.871. The molecule has 23 heavy (non-hydrogen) atoms. The van der Waals surface area contributed by atoms with Crippen LogP contribution in [0.1, 0.15) is 18.4 Å². The van der Waals surface area contributed by atoms with Crippen molar-refractivity contribution in [1.82, 2.24) is 16.3 Å². The van der Waals surface area contributed by atoms with E-state index in [0.717, 1.165) is 5.56 Å². The lowest BCUT2D eigenvalue weighted by Gasteiger charge is -2.05.